The number of likely N-dealkylation sites (N-methyl/N-ethyl adjacent to an activating group) is 1. The maximum atomic E-state index is 12.8. The van der Waals surface area contributed by atoms with E-state index in [4.69, 9.17) is 4.11 Å². The van der Waals surface area contributed by atoms with Crippen molar-refractivity contribution in [3.8, 4) is 0 Å². The predicted molar refractivity (Wildman–Crippen MR) is 61.6 cm³/mol. The lowest BCUT2D eigenvalue weighted by Gasteiger charge is -2.34. The summed E-state index contributed by atoms with van der Waals surface area (Å²) in [7, 11) is 0. The molecule has 7 heteroatoms. The number of fused-ring (bicyclic) bond motifs is 3. The molecule has 1 atom stereocenters. The van der Waals surface area contributed by atoms with Crippen LogP contribution in [-0.2, 0) is 6.18 Å². The largest absolute Gasteiger partial charge is 0.417 e. The summed E-state index contributed by atoms with van der Waals surface area (Å²) in [5.74, 6) is 0.297. The zero-order valence-corrected chi connectivity index (χ0v) is 9.33. The van der Waals surface area contributed by atoms with Gasteiger partial charge in [0.15, 0.2) is 5.82 Å². The number of halogens is 3. The summed E-state index contributed by atoms with van der Waals surface area (Å²) in [6, 6.07) is 0.868. The molecule has 1 aromatic rings. The highest BCUT2D eigenvalue weighted by atomic mass is 19.4. The zero-order chi connectivity index (χ0) is 15.4. The van der Waals surface area contributed by atoms with E-state index in [1.807, 2.05) is 0 Å². The molecule has 0 spiro atoms. The van der Waals surface area contributed by atoms with Gasteiger partial charge in [-0.2, -0.15) is 13.2 Å². The van der Waals surface area contributed by atoms with Crippen LogP contribution in [0.5, 0.6) is 0 Å². The quantitative estimate of drug-likeness (QED) is 0.762. The molecule has 1 N–H and O–H groups in total. The average molecular weight is 261 g/mol. The number of aromatic nitrogens is 1. The van der Waals surface area contributed by atoms with Crippen LogP contribution in [0.15, 0.2) is 12.3 Å². The van der Waals surface area contributed by atoms with E-state index in [-0.39, 0.29) is 5.69 Å². The highest BCUT2D eigenvalue weighted by Crippen LogP contribution is 2.40. The molecule has 2 aliphatic heterocycles. The second-order valence-corrected chi connectivity index (χ2v) is 4.31. The molecule has 1 saturated heterocycles. The molecule has 4 nitrogen and oxygen atoms in total. The highest BCUT2D eigenvalue weighted by Gasteiger charge is 2.39. The molecule has 1 aromatic heterocycles. The maximum absolute atomic E-state index is 12.8. The van der Waals surface area contributed by atoms with Crippen LogP contribution in [0, 0.1) is 0 Å². The van der Waals surface area contributed by atoms with E-state index in [1.54, 1.807) is 4.90 Å². The van der Waals surface area contributed by atoms with Crippen molar-refractivity contribution in [1.29, 1.82) is 0 Å². The second kappa shape index (κ2) is 3.74. The first-order valence-electron chi connectivity index (χ1n) is 7.03. The first-order chi connectivity index (χ1) is 9.69. The number of pyridine rings is 1. The number of rotatable bonds is 0. The van der Waals surface area contributed by atoms with Crippen molar-refractivity contribution in [1.82, 2.24) is 10.3 Å². The number of piperazine rings is 1. The van der Waals surface area contributed by atoms with Crippen molar-refractivity contribution in [2.45, 2.75) is 12.3 Å². The number of anilines is 2. The summed E-state index contributed by atoms with van der Waals surface area (Å²) in [5.41, 5.74) is -0.929. The first kappa shape index (κ1) is 8.58. The molecular weight excluding hydrogens is 245 g/mol. The molecular formula is C11H13F3N4. The zero-order valence-electron chi connectivity index (χ0n) is 12.3. The van der Waals surface area contributed by atoms with Gasteiger partial charge in [0.2, 0.25) is 0 Å². The summed E-state index contributed by atoms with van der Waals surface area (Å²) in [6.45, 7) is -1.04. The van der Waals surface area contributed by atoms with E-state index >= 15 is 0 Å². The van der Waals surface area contributed by atoms with Gasteiger partial charge in [-0.1, -0.05) is 0 Å². The van der Waals surface area contributed by atoms with Crippen LogP contribution in [0.1, 0.15) is 9.68 Å². The number of nitrogens with zero attached hydrogens (tertiary/aromatic N) is 3. The Morgan fingerprint density at radius 3 is 3.11 bits per heavy atom. The Balaban J connectivity index is 2.12. The first-order valence-corrected chi connectivity index (χ1v) is 5.53. The third-order valence-corrected chi connectivity index (χ3v) is 3.22. The minimum atomic E-state index is -4.55. The van der Waals surface area contributed by atoms with Crippen LogP contribution in [0.2, 0.25) is 0 Å². The number of hydrogen-bond acceptors (Lipinski definition) is 4. The Kier molecular flexibility index (Phi) is 1.78. The molecule has 3 heterocycles. The molecule has 1 fully saturated rings. The Bertz CT molecular complexity index is 561. The van der Waals surface area contributed by atoms with E-state index in [1.165, 1.54) is 0 Å². The normalized spacial score (nSPS) is 26.2. The van der Waals surface area contributed by atoms with Crippen molar-refractivity contribution < 1.29 is 17.3 Å². The lowest BCUT2D eigenvalue weighted by atomic mass is 10.2. The fourth-order valence-electron chi connectivity index (χ4n) is 2.33. The van der Waals surface area contributed by atoms with Crippen molar-refractivity contribution in [2.24, 2.45) is 0 Å². The van der Waals surface area contributed by atoms with Gasteiger partial charge in [0.25, 0.3) is 0 Å². The Hall–Kier alpha value is -1.50. The second-order valence-electron chi connectivity index (χ2n) is 4.31. The third kappa shape index (κ3) is 1.61. The topological polar surface area (TPSA) is 31.4 Å². The molecule has 1 unspecified atom stereocenters. The lowest BCUT2D eigenvalue weighted by Crippen LogP contribution is -2.55. The number of alkyl halides is 3. The molecule has 0 aromatic carbocycles. The molecule has 0 saturated carbocycles. The summed E-state index contributed by atoms with van der Waals surface area (Å²) >= 11 is 0. The summed E-state index contributed by atoms with van der Waals surface area (Å²) in [6.07, 6.45) is -4.35. The van der Waals surface area contributed by atoms with Crippen molar-refractivity contribution in [2.75, 3.05) is 36.4 Å². The molecule has 0 amide bonds. The van der Waals surface area contributed by atoms with Crippen LogP contribution < -0.4 is 15.1 Å². The van der Waals surface area contributed by atoms with Gasteiger partial charge < -0.3 is 15.1 Å². The van der Waals surface area contributed by atoms with Gasteiger partial charge in [-0.25, -0.2) is 4.98 Å². The van der Waals surface area contributed by atoms with Gasteiger partial charge in [0.1, 0.15) is 6.17 Å². The molecule has 3 rings (SSSR count). The molecule has 0 aliphatic carbocycles. The average Bonchev–Trinajstić information content (AvgIpc) is 2.70. The van der Waals surface area contributed by atoms with Crippen molar-refractivity contribution in [3.63, 3.8) is 0 Å². The van der Waals surface area contributed by atoms with Crippen LogP contribution in [0.3, 0.4) is 0 Å². The monoisotopic (exact) mass is 261 g/mol. The number of nitrogens with one attached hydrogen (secondary N) is 1. The standard InChI is InChI=1S/C11H13F3N4/c1-17-8-4-7(11(12,13)14)5-16-10(8)18-3-2-15-6-9(17)18/h4-5,9,15H,2-3,6H2,1H3/i1D3. The van der Waals surface area contributed by atoms with Gasteiger partial charge in [0.05, 0.1) is 11.3 Å². The molecule has 18 heavy (non-hydrogen) atoms. The van der Waals surface area contributed by atoms with Crippen molar-refractivity contribution >= 4 is 11.5 Å². The third-order valence-electron chi connectivity index (χ3n) is 3.22. The van der Waals surface area contributed by atoms with Crippen molar-refractivity contribution in [3.05, 3.63) is 17.8 Å². The summed E-state index contributed by atoms with van der Waals surface area (Å²) < 4.78 is 61.3. The number of hydrogen-bond donors (Lipinski definition) is 1. The predicted octanol–water partition coefficient (Wildman–Crippen LogP) is 1.29. The summed E-state index contributed by atoms with van der Waals surface area (Å²) in [4.78, 5) is 6.63. The van der Waals surface area contributed by atoms with Crippen LogP contribution in [0.25, 0.3) is 0 Å². The van der Waals surface area contributed by atoms with E-state index in [9.17, 15) is 13.2 Å². The summed E-state index contributed by atoms with van der Waals surface area (Å²) in [5, 5.41) is 3.05. The van der Waals surface area contributed by atoms with Crippen LogP contribution in [0.4, 0.5) is 24.7 Å². The highest BCUT2D eigenvalue weighted by molar-refractivity contribution is 5.74. The van der Waals surface area contributed by atoms with E-state index in [0.717, 1.165) is 17.2 Å². The molecule has 98 valence electrons. The van der Waals surface area contributed by atoms with Gasteiger partial charge in [-0.3, -0.25) is 0 Å². The lowest BCUT2D eigenvalue weighted by molar-refractivity contribution is -0.137. The van der Waals surface area contributed by atoms with E-state index in [2.05, 4.69) is 10.3 Å². The smallest absolute Gasteiger partial charge is 0.350 e. The Morgan fingerprint density at radius 1 is 1.56 bits per heavy atom. The Morgan fingerprint density at radius 2 is 2.39 bits per heavy atom. The SMILES string of the molecule is [2H]C([2H])([2H])N1c2cc(C(F)(F)F)cnc2N2CCNCC21. The fourth-order valence-corrected chi connectivity index (χ4v) is 2.33. The minimum absolute atomic E-state index is 0.0125. The van der Waals surface area contributed by atoms with E-state index in [0.29, 0.717) is 25.5 Å². The maximum Gasteiger partial charge on any atom is 0.417 e. The van der Waals surface area contributed by atoms with Gasteiger partial charge in [-0.05, 0) is 6.07 Å². The van der Waals surface area contributed by atoms with Gasteiger partial charge in [-0.15, -0.1) is 0 Å². The van der Waals surface area contributed by atoms with Crippen LogP contribution >= 0.6 is 0 Å². The van der Waals surface area contributed by atoms with Gasteiger partial charge >= 0.3 is 6.18 Å². The molecule has 0 radical (unpaired) electrons. The molecule has 0 bridgehead atoms. The van der Waals surface area contributed by atoms with Gasteiger partial charge in [0, 0.05) is 36.9 Å². The Labute approximate surface area is 107 Å². The molecule has 2 aliphatic rings. The van der Waals surface area contributed by atoms with E-state index < -0.39 is 24.9 Å². The minimum Gasteiger partial charge on any atom is -0.350 e. The van der Waals surface area contributed by atoms with Crippen LogP contribution in [-0.4, -0.2) is 37.8 Å². The fraction of sp³-hybridized carbons (Fsp3) is 0.545.